The molecule has 0 aromatic carbocycles. The van der Waals surface area contributed by atoms with Crippen molar-refractivity contribution < 1.29 is 9.32 Å². The van der Waals surface area contributed by atoms with Gasteiger partial charge >= 0.3 is 0 Å². The van der Waals surface area contributed by atoms with Gasteiger partial charge in [0.2, 0.25) is 0 Å². The summed E-state index contributed by atoms with van der Waals surface area (Å²) in [6.07, 6.45) is 1.86. The zero-order valence-electron chi connectivity index (χ0n) is 14.7. The van der Waals surface area contributed by atoms with Gasteiger partial charge in [-0.05, 0) is 32.0 Å². The third-order valence-corrected chi connectivity index (χ3v) is 4.33. The molecule has 1 aliphatic rings. The second-order valence-electron chi connectivity index (χ2n) is 6.25. The molecule has 1 amide bonds. The lowest BCUT2D eigenvalue weighted by Gasteiger charge is -2.34. The number of carbonyl (C=O) groups is 1. The molecule has 26 heavy (non-hydrogen) atoms. The van der Waals surface area contributed by atoms with E-state index >= 15 is 0 Å². The Hall–Kier alpha value is -3.23. The van der Waals surface area contributed by atoms with Crippen molar-refractivity contribution >= 4 is 11.7 Å². The fourth-order valence-corrected chi connectivity index (χ4v) is 2.92. The molecule has 134 valence electrons. The Morgan fingerprint density at radius 3 is 2.35 bits per heavy atom. The van der Waals surface area contributed by atoms with Crippen molar-refractivity contribution in [3.63, 3.8) is 0 Å². The lowest BCUT2D eigenvalue weighted by Crippen LogP contribution is -2.49. The maximum Gasteiger partial charge on any atom is 0.276 e. The SMILES string of the molecule is Cc1ccn(-c2ccc(N3CCN(C(=O)c4cc(C)on4)CC3)nn2)n1. The number of aryl methyl sites for hydroxylation is 2. The van der Waals surface area contributed by atoms with Crippen LogP contribution in [0.2, 0.25) is 0 Å². The minimum Gasteiger partial charge on any atom is -0.361 e. The maximum atomic E-state index is 12.4. The highest BCUT2D eigenvalue weighted by Gasteiger charge is 2.25. The fourth-order valence-electron chi connectivity index (χ4n) is 2.92. The standard InChI is InChI=1S/C17H19N7O2/c1-12-5-6-24(20-12)16-4-3-15(18-19-16)22-7-9-23(10-8-22)17(25)14-11-13(2)26-21-14/h3-6,11H,7-10H2,1-2H3. The van der Waals surface area contributed by atoms with E-state index in [9.17, 15) is 4.79 Å². The van der Waals surface area contributed by atoms with E-state index in [1.54, 1.807) is 22.6 Å². The molecular formula is C17H19N7O2. The summed E-state index contributed by atoms with van der Waals surface area (Å²) >= 11 is 0. The summed E-state index contributed by atoms with van der Waals surface area (Å²) in [7, 11) is 0. The largest absolute Gasteiger partial charge is 0.361 e. The molecule has 0 atom stereocenters. The van der Waals surface area contributed by atoms with Gasteiger partial charge in [-0.2, -0.15) is 5.10 Å². The summed E-state index contributed by atoms with van der Waals surface area (Å²) in [5, 5.41) is 16.7. The number of aromatic nitrogens is 5. The van der Waals surface area contributed by atoms with Crippen LogP contribution in [0.4, 0.5) is 5.82 Å². The highest BCUT2D eigenvalue weighted by atomic mass is 16.5. The first-order chi connectivity index (χ1) is 12.6. The number of nitrogens with zero attached hydrogens (tertiary/aromatic N) is 7. The van der Waals surface area contributed by atoms with Gasteiger partial charge in [-0.15, -0.1) is 10.2 Å². The predicted octanol–water partition coefficient (Wildman–Crippen LogP) is 1.23. The van der Waals surface area contributed by atoms with Crippen molar-refractivity contribution in [3.05, 3.63) is 47.6 Å². The van der Waals surface area contributed by atoms with Crippen molar-refractivity contribution in [2.75, 3.05) is 31.1 Å². The zero-order chi connectivity index (χ0) is 18.1. The molecule has 4 rings (SSSR count). The number of carbonyl (C=O) groups excluding carboxylic acids is 1. The molecule has 3 aromatic rings. The first kappa shape index (κ1) is 16.2. The van der Waals surface area contributed by atoms with Crippen LogP contribution in [-0.2, 0) is 0 Å². The zero-order valence-corrected chi connectivity index (χ0v) is 14.7. The van der Waals surface area contributed by atoms with Gasteiger partial charge in [-0.3, -0.25) is 4.79 Å². The molecule has 0 N–H and O–H groups in total. The number of amides is 1. The first-order valence-corrected chi connectivity index (χ1v) is 8.44. The highest BCUT2D eigenvalue weighted by Crippen LogP contribution is 2.15. The molecule has 0 aliphatic carbocycles. The van der Waals surface area contributed by atoms with Crippen molar-refractivity contribution in [1.82, 2.24) is 30.0 Å². The van der Waals surface area contributed by atoms with E-state index in [1.165, 1.54) is 0 Å². The molecular weight excluding hydrogens is 334 g/mol. The third-order valence-electron chi connectivity index (χ3n) is 4.33. The molecule has 1 fully saturated rings. The summed E-state index contributed by atoms with van der Waals surface area (Å²) in [5.74, 6) is 2.01. The molecule has 0 saturated carbocycles. The Morgan fingerprint density at radius 2 is 1.77 bits per heavy atom. The van der Waals surface area contributed by atoms with Crippen LogP contribution in [0.1, 0.15) is 21.9 Å². The molecule has 9 nitrogen and oxygen atoms in total. The lowest BCUT2D eigenvalue weighted by atomic mass is 10.2. The summed E-state index contributed by atoms with van der Waals surface area (Å²) in [4.78, 5) is 16.3. The molecule has 4 heterocycles. The van der Waals surface area contributed by atoms with Gasteiger partial charge in [0, 0.05) is 38.4 Å². The Morgan fingerprint density at radius 1 is 1.04 bits per heavy atom. The number of anilines is 1. The van der Waals surface area contributed by atoms with E-state index in [2.05, 4.69) is 25.4 Å². The van der Waals surface area contributed by atoms with Crippen LogP contribution in [-0.4, -0.2) is 62.1 Å². The maximum absolute atomic E-state index is 12.4. The van der Waals surface area contributed by atoms with Gasteiger partial charge < -0.3 is 14.3 Å². The number of hydrogen-bond acceptors (Lipinski definition) is 7. The predicted molar refractivity (Wildman–Crippen MR) is 93.2 cm³/mol. The second kappa shape index (κ2) is 6.58. The van der Waals surface area contributed by atoms with Crippen molar-refractivity contribution in [3.8, 4) is 5.82 Å². The van der Waals surface area contributed by atoms with Gasteiger partial charge in [-0.1, -0.05) is 5.16 Å². The van der Waals surface area contributed by atoms with Crippen LogP contribution >= 0.6 is 0 Å². The first-order valence-electron chi connectivity index (χ1n) is 8.44. The van der Waals surface area contributed by atoms with Crippen molar-refractivity contribution in [2.45, 2.75) is 13.8 Å². The summed E-state index contributed by atoms with van der Waals surface area (Å²) in [5.41, 5.74) is 1.29. The number of piperazine rings is 1. The number of hydrogen-bond donors (Lipinski definition) is 0. The Kier molecular flexibility index (Phi) is 4.11. The smallest absolute Gasteiger partial charge is 0.276 e. The van der Waals surface area contributed by atoms with Gasteiger partial charge in [0.15, 0.2) is 17.3 Å². The normalized spacial score (nSPS) is 14.7. The topological polar surface area (TPSA) is 93.2 Å². The Labute approximate surface area is 150 Å². The van der Waals surface area contributed by atoms with Crippen LogP contribution in [0.3, 0.4) is 0 Å². The summed E-state index contributed by atoms with van der Waals surface area (Å²) < 4.78 is 6.68. The minimum atomic E-state index is -0.100. The molecule has 0 spiro atoms. The molecule has 0 radical (unpaired) electrons. The van der Waals surface area contributed by atoms with E-state index < -0.39 is 0 Å². The van der Waals surface area contributed by atoms with Crippen molar-refractivity contribution in [2.24, 2.45) is 0 Å². The van der Waals surface area contributed by atoms with Gasteiger partial charge in [0.25, 0.3) is 5.91 Å². The molecule has 0 unspecified atom stereocenters. The van der Waals surface area contributed by atoms with Crippen LogP contribution in [0.5, 0.6) is 0 Å². The van der Waals surface area contributed by atoms with E-state index in [0.29, 0.717) is 43.5 Å². The minimum absolute atomic E-state index is 0.100. The Bertz CT molecular complexity index is 907. The van der Waals surface area contributed by atoms with Gasteiger partial charge in [0.1, 0.15) is 5.76 Å². The van der Waals surface area contributed by atoms with E-state index in [1.807, 2.05) is 31.3 Å². The summed E-state index contributed by atoms with van der Waals surface area (Å²) in [6, 6.07) is 7.40. The molecule has 1 saturated heterocycles. The fraction of sp³-hybridized carbons (Fsp3) is 0.353. The van der Waals surface area contributed by atoms with E-state index in [4.69, 9.17) is 4.52 Å². The molecule has 1 aliphatic heterocycles. The molecule has 9 heteroatoms. The van der Waals surface area contributed by atoms with E-state index in [0.717, 1.165) is 11.5 Å². The monoisotopic (exact) mass is 353 g/mol. The average Bonchev–Trinajstić information content (AvgIpc) is 3.30. The summed E-state index contributed by atoms with van der Waals surface area (Å²) in [6.45, 7) is 6.29. The van der Waals surface area contributed by atoms with Gasteiger partial charge in [0.05, 0.1) is 5.69 Å². The molecule has 3 aromatic heterocycles. The number of rotatable bonds is 3. The quantitative estimate of drug-likeness (QED) is 0.699. The van der Waals surface area contributed by atoms with Crippen LogP contribution in [0.25, 0.3) is 5.82 Å². The second-order valence-corrected chi connectivity index (χ2v) is 6.25. The lowest BCUT2D eigenvalue weighted by molar-refractivity contribution is 0.0736. The Balaban J connectivity index is 1.39. The van der Waals surface area contributed by atoms with Crippen molar-refractivity contribution in [1.29, 1.82) is 0 Å². The van der Waals surface area contributed by atoms with Crippen LogP contribution < -0.4 is 4.90 Å². The van der Waals surface area contributed by atoms with E-state index in [-0.39, 0.29) is 5.91 Å². The van der Waals surface area contributed by atoms with Crippen LogP contribution in [0, 0.1) is 13.8 Å². The average molecular weight is 353 g/mol. The van der Waals surface area contributed by atoms with Gasteiger partial charge in [-0.25, -0.2) is 4.68 Å². The third kappa shape index (κ3) is 3.15. The highest BCUT2D eigenvalue weighted by molar-refractivity contribution is 5.92. The molecule has 0 bridgehead atoms. The van der Waals surface area contributed by atoms with Crippen LogP contribution in [0.15, 0.2) is 35.0 Å².